The number of hydrogen-bond donors (Lipinski definition) is 0. The van der Waals surface area contributed by atoms with Gasteiger partial charge in [-0.2, -0.15) is 0 Å². The van der Waals surface area contributed by atoms with Gasteiger partial charge in [-0.3, -0.25) is 0 Å². The molecule has 1 aliphatic rings. The molecule has 0 atom stereocenters. The second-order valence-electron chi connectivity index (χ2n) is 5.24. The molecule has 0 N–H and O–H groups in total. The summed E-state index contributed by atoms with van der Waals surface area (Å²) in [5.74, 6) is 0. The van der Waals surface area contributed by atoms with Crippen LogP contribution in [0.2, 0.25) is 4.25 Å². The fourth-order valence-electron chi connectivity index (χ4n) is 2.19. The van der Waals surface area contributed by atoms with Crippen molar-refractivity contribution in [3.8, 4) is 0 Å². The first-order valence-electron chi connectivity index (χ1n) is 5.73. The average molecular weight is 277 g/mol. The van der Waals surface area contributed by atoms with Gasteiger partial charge in [-0.25, -0.2) is 0 Å². The van der Waals surface area contributed by atoms with E-state index in [2.05, 4.69) is 20.8 Å². The molecule has 1 fully saturated rings. The first-order chi connectivity index (χ1) is 6.95. The summed E-state index contributed by atoms with van der Waals surface area (Å²) >= 11 is -3.07. The Morgan fingerprint density at radius 3 is 1.80 bits per heavy atom. The fourth-order valence-corrected chi connectivity index (χ4v) is 7.67. The van der Waals surface area contributed by atoms with Crippen LogP contribution in [0.3, 0.4) is 0 Å². The molecular formula is C11H24GeO3. The summed E-state index contributed by atoms with van der Waals surface area (Å²) in [5.41, 5.74) is 0. The van der Waals surface area contributed by atoms with E-state index in [1.54, 1.807) is 14.2 Å². The molecule has 1 aliphatic carbocycles. The molecular weight excluding hydrogens is 253 g/mol. The summed E-state index contributed by atoms with van der Waals surface area (Å²) < 4.78 is 17.5. The molecule has 0 amide bonds. The molecule has 0 radical (unpaired) electrons. The van der Waals surface area contributed by atoms with E-state index in [-0.39, 0.29) is 4.25 Å². The molecule has 90 valence electrons. The Labute approximate surface area is 96.9 Å². The van der Waals surface area contributed by atoms with Gasteiger partial charge in [-0.1, -0.05) is 0 Å². The van der Waals surface area contributed by atoms with Crippen LogP contribution in [-0.4, -0.2) is 34.6 Å². The molecule has 0 saturated heterocycles. The predicted octanol–water partition coefficient (Wildman–Crippen LogP) is 2.98. The van der Waals surface area contributed by atoms with Crippen LogP contribution in [0.5, 0.6) is 0 Å². The summed E-state index contributed by atoms with van der Waals surface area (Å²) in [6.07, 6.45) is 5.25. The van der Waals surface area contributed by atoms with Crippen LogP contribution in [0.4, 0.5) is 0 Å². The first kappa shape index (κ1) is 13.5. The van der Waals surface area contributed by atoms with Crippen molar-refractivity contribution in [2.75, 3.05) is 14.2 Å². The van der Waals surface area contributed by atoms with Gasteiger partial charge in [-0.05, 0) is 0 Å². The SMILES string of the molecule is C[O][Ge]([O]C)([O]C1CCCC1)[C](C)(C)C. The van der Waals surface area contributed by atoms with E-state index in [1.165, 1.54) is 12.8 Å². The normalized spacial score (nSPS) is 19.8. The van der Waals surface area contributed by atoms with Crippen molar-refractivity contribution in [3.63, 3.8) is 0 Å². The van der Waals surface area contributed by atoms with Gasteiger partial charge in [0.2, 0.25) is 0 Å². The van der Waals surface area contributed by atoms with Gasteiger partial charge in [-0.15, -0.1) is 0 Å². The van der Waals surface area contributed by atoms with Gasteiger partial charge < -0.3 is 0 Å². The molecule has 0 aromatic carbocycles. The maximum absolute atomic E-state index is 6.20. The second kappa shape index (κ2) is 5.17. The zero-order chi connectivity index (χ0) is 11.5. The number of rotatable bonds is 4. The third-order valence-corrected chi connectivity index (χ3v) is 10.5. The molecule has 0 aliphatic heterocycles. The Bertz CT molecular complexity index is 190. The Morgan fingerprint density at radius 2 is 1.47 bits per heavy atom. The van der Waals surface area contributed by atoms with Crippen molar-refractivity contribution < 1.29 is 11.3 Å². The van der Waals surface area contributed by atoms with Crippen molar-refractivity contribution >= 4 is 14.3 Å². The van der Waals surface area contributed by atoms with Crippen LogP contribution < -0.4 is 0 Å². The number of hydrogen-bond acceptors (Lipinski definition) is 3. The zero-order valence-electron chi connectivity index (χ0n) is 10.6. The van der Waals surface area contributed by atoms with Gasteiger partial charge >= 0.3 is 96.6 Å². The van der Waals surface area contributed by atoms with E-state index in [0.717, 1.165) is 12.8 Å². The van der Waals surface area contributed by atoms with Crippen molar-refractivity contribution in [1.82, 2.24) is 0 Å². The van der Waals surface area contributed by atoms with Crippen molar-refractivity contribution in [1.29, 1.82) is 0 Å². The van der Waals surface area contributed by atoms with Crippen molar-refractivity contribution in [2.45, 2.75) is 56.8 Å². The second-order valence-corrected chi connectivity index (χ2v) is 12.9. The Morgan fingerprint density at radius 1 is 1.00 bits per heavy atom. The predicted molar refractivity (Wildman–Crippen MR) is 62.8 cm³/mol. The zero-order valence-corrected chi connectivity index (χ0v) is 12.7. The van der Waals surface area contributed by atoms with Crippen LogP contribution in [0.25, 0.3) is 0 Å². The van der Waals surface area contributed by atoms with E-state index in [0.29, 0.717) is 6.10 Å². The first-order valence-corrected chi connectivity index (χ1v) is 9.35. The van der Waals surface area contributed by atoms with Crippen LogP contribution in [0.1, 0.15) is 46.5 Å². The third kappa shape index (κ3) is 2.96. The monoisotopic (exact) mass is 278 g/mol. The molecule has 0 spiro atoms. The molecule has 1 rings (SSSR count). The van der Waals surface area contributed by atoms with Crippen molar-refractivity contribution in [2.24, 2.45) is 0 Å². The quantitative estimate of drug-likeness (QED) is 0.739. The van der Waals surface area contributed by atoms with Gasteiger partial charge in [0.1, 0.15) is 0 Å². The maximum atomic E-state index is 6.20. The average Bonchev–Trinajstić information content (AvgIpc) is 2.64. The van der Waals surface area contributed by atoms with E-state index in [9.17, 15) is 0 Å². The molecule has 15 heavy (non-hydrogen) atoms. The summed E-state index contributed by atoms with van der Waals surface area (Å²) in [7, 11) is 3.45. The van der Waals surface area contributed by atoms with Crippen LogP contribution >= 0.6 is 0 Å². The molecule has 0 bridgehead atoms. The molecule has 4 heteroatoms. The van der Waals surface area contributed by atoms with E-state index in [1.807, 2.05) is 0 Å². The van der Waals surface area contributed by atoms with E-state index >= 15 is 0 Å². The fraction of sp³-hybridized carbons (Fsp3) is 1.00. The summed E-state index contributed by atoms with van der Waals surface area (Å²) in [6, 6.07) is 0. The summed E-state index contributed by atoms with van der Waals surface area (Å²) in [5, 5.41) is 0. The molecule has 0 aromatic heterocycles. The van der Waals surface area contributed by atoms with Gasteiger partial charge in [0.15, 0.2) is 0 Å². The van der Waals surface area contributed by atoms with Crippen LogP contribution in [-0.2, 0) is 11.3 Å². The Kier molecular flexibility index (Phi) is 4.65. The standard InChI is InChI=1S/C11H24GeO3/c1-11(2,3)12(13-4,14-5)15-10-8-6-7-9-10/h10H,6-9H2,1-5H3. The Hall–Kier alpha value is 0.423. The molecule has 0 aromatic rings. The van der Waals surface area contributed by atoms with Gasteiger partial charge in [0, 0.05) is 0 Å². The van der Waals surface area contributed by atoms with Gasteiger partial charge in [0.05, 0.1) is 0 Å². The van der Waals surface area contributed by atoms with Crippen LogP contribution in [0, 0.1) is 0 Å². The van der Waals surface area contributed by atoms with Gasteiger partial charge in [0.25, 0.3) is 0 Å². The van der Waals surface area contributed by atoms with Crippen LogP contribution in [0.15, 0.2) is 0 Å². The summed E-state index contributed by atoms with van der Waals surface area (Å²) in [6.45, 7) is 6.44. The molecule has 0 unspecified atom stereocenters. The Balaban J connectivity index is 2.71. The minimum absolute atomic E-state index is 0.00785. The molecule has 1 saturated carbocycles. The topological polar surface area (TPSA) is 27.7 Å². The van der Waals surface area contributed by atoms with Crippen molar-refractivity contribution in [3.05, 3.63) is 0 Å². The molecule has 0 heterocycles. The summed E-state index contributed by atoms with van der Waals surface area (Å²) in [4.78, 5) is 0. The third-order valence-electron chi connectivity index (χ3n) is 3.08. The van der Waals surface area contributed by atoms with E-state index < -0.39 is 14.3 Å². The minimum atomic E-state index is -3.07. The van der Waals surface area contributed by atoms with E-state index in [4.69, 9.17) is 11.3 Å². The molecule has 3 nitrogen and oxygen atoms in total.